The molecule has 248 valence electrons. The standard InChI is InChI=1S/C26H27NO4.C14H12O.C2H6/c1-20(28)27-24(25(29)30)19-31-26(22-15-9-5-10-16-22,23-17-11-6-12-18-23)21-13-7-3-2-4-8-14-21;15-9-14-12-7-3-1-5-10(12)11-6-2-4-8-13(11)14;1-2/h3,5-18,24H,2,4,19H2,1H3,(H,27,28)(H,29,30);1-8,14-15H,9H2;1-2H3/b7-3-,14-8-,21-13+;;/t24-;;/m0../s1. The van der Waals surface area contributed by atoms with Gasteiger partial charge in [-0.15, -0.1) is 0 Å². The summed E-state index contributed by atoms with van der Waals surface area (Å²) in [6.45, 7) is 5.28. The number of amides is 1. The van der Waals surface area contributed by atoms with Crippen LogP contribution in [0.3, 0.4) is 0 Å². The first kappa shape index (κ1) is 35.8. The molecule has 0 saturated heterocycles. The van der Waals surface area contributed by atoms with Gasteiger partial charge in [0.15, 0.2) is 6.04 Å². The van der Waals surface area contributed by atoms with Crippen LogP contribution in [0.5, 0.6) is 0 Å². The van der Waals surface area contributed by atoms with Crippen molar-refractivity contribution in [3.05, 3.63) is 167 Å². The summed E-state index contributed by atoms with van der Waals surface area (Å²) in [7, 11) is 0. The van der Waals surface area contributed by atoms with Crippen LogP contribution < -0.4 is 5.32 Å². The monoisotopic (exact) mass is 643 g/mol. The van der Waals surface area contributed by atoms with Crippen molar-refractivity contribution in [2.24, 2.45) is 0 Å². The smallest absolute Gasteiger partial charge is 0.328 e. The Kier molecular flexibility index (Phi) is 13.2. The third kappa shape index (κ3) is 8.26. The fourth-order valence-electron chi connectivity index (χ4n) is 6.14. The Hall–Kier alpha value is -5.04. The zero-order valence-electron chi connectivity index (χ0n) is 27.9. The molecule has 1 atom stereocenters. The van der Waals surface area contributed by atoms with Gasteiger partial charge in [-0.05, 0) is 51.8 Å². The summed E-state index contributed by atoms with van der Waals surface area (Å²) in [5.74, 6) is -1.40. The molecule has 6 nitrogen and oxygen atoms in total. The van der Waals surface area contributed by atoms with E-state index >= 15 is 0 Å². The van der Waals surface area contributed by atoms with Gasteiger partial charge in [-0.3, -0.25) is 4.79 Å². The van der Waals surface area contributed by atoms with Gasteiger partial charge in [0.05, 0.1) is 13.2 Å². The minimum Gasteiger partial charge on any atom is -0.480 e. The Morgan fingerprint density at radius 1 is 0.792 bits per heavy atom. The van der Waals surface area contributed by atoms with E-state index in [4.69, 9.17) is 4.74 Å². The number of carbonyl (C=O) groups is 2. The zero-order chi connectivity index (χ0) is 34.4. The number of hydrogen-bond donors (Lipinski definition) is 3. The largest absolute Gasteiger partial charge is 0.480 e. The predicted molar refractivity (Wildman–Crippen MR) is 193 cm³/mol. The number of carboxylic acids is 1. The average molecular weight is 644 g/mol. The molecule has 0 unspecified atom stereocenters. The first-order valence-electron chi connectivity index (χ1n) is 16.5. The molecule has 0 bridgehead atoms. The van der Waals surface area contributed by atoms with E-state index in [1.807, 2.05) is 105 Å². The van der Waals surface area contributed by atoms with Gasteiger partial charge in [-0.1, -0.05) is 153 Å². The molecule has 0 aliphatic heterocycles. The maximum absolute atomic E-state index is 11.8. The average Bonchev–Trinajstić information content (AvgIpc) is 3.44. The van der Waals surface area contributed by atoms with Gasteiger partial charge in [0.25, 0.3) is 0 Å². The maximum atomic E-state index is 11.8. The number of aliphatic carboxylic acids is 1. The molecule has 6 rings (SSSR count). The number of rotatable bonds is 9. The summed E-state index contributed by atoms with van der Waals surface area (Å²) >= 11 is 0. The molecule has 0 aromatic heterocycles. The molecule has 0 heterocycles. The Bertz CT molecular complexity index is 1640. The third-order valence-corrected chi connectivity index (χ3v) is 8.26. The van der Waals surface area contributed by atoms with Crippen molar-refractivity contribution in [3.63, 3.8) is 0 Å². The SMILES string of the molecule is CC.CC(=O)N[C@@H](COC(C1=C/C=C\CC/C=C\1)(c1ccccc1)c1ccccc1)C(=O)O.OCC1c2ccccc2-c2ccccc21. The van der Waals surface area contributed by atoms with Crippen LogP contribution in [0.1, 0.15) is 61.8 Å². The number of hydrogen-bond acceptors (Lipinski definition) is 4. The highest BCUT2D eigenvalue weighted by Crippen LogP contribution is 2.44. The van der Waals surface area contributed by atoms with Crippen molar-refractivity contribution in [2.45, 2.75) is 51.2 Å². The normalized spacial score (nSPS) is 16.4. The topological polar surface area (TPSA) is 95.9 Å². The molecule has 48 heavy (non-hydrogen) atoms. The van der Waals surface area contributed by atoms with E-state index < -0.39 is 23.5 Å². The highest BCUT2D eigenvalue weighted by Gasteiger charge is 2.39. The van der Waals surface area contributed by atoms with Crippen molar-refractivity contribution in [1.29, 1.82) is 0 Å². The van der Waals surface area contributed by atoms with Crippen LogP contribution in [0.25, 0.3) is 11.1 Å². The Morgan fingerprint density at radius 3 is 1.79 bits per heavy atom. The molecular weight excluding hydrogens is 598 g/mol. The zero-order valence-corrected chi connectivity index (χ0v) is 27.9. The molecule has 4 aromatic rings. The Labute approximate surface area is 284 Å². The lowest BCUT2D eigenvalue weighted by atomic mass is 9.78. The van der Waals surface area contributed by atoms with Crippen molar-refractivity contribution >= 4 is 11.9 Å². The van der Waals surface area contributed by atoms with Crippen molar-refractivity contribution in [3.8, 4) is 11.1 Å². The number of benzene rings is 4. The van der Waals surface area contributed by atoms with E-state index in [0.29, 0.717) is 0 Å². The molecule has 3 N–H and O–H groups in total. The highest BCUT2D eigenvalue weighted by molar-refractivity contribution is 5.82. The molecule has 2 aliphatic rings. The van der Waals surface area contributed by atoms with E-state index in [2.05, 4.69) is 53.9 Å². The lowest BCUT2D eigenvalue weighted by Gasteiger charge is -2.37. The first-order chi connectivity index (χ1) is 23.5. The second kappa shape index (κ2) is 17.8. The predicted octanol–water partition coefficient (Wildman–Crippen LogP) is 8.19. The van der Waals surface area contributed by atoms with Crippen LogP contribution in [0.4, 0.5) is 0 Å². The van der Waals surface area contributed by atoms with Crippen LogP contribution in [-0.2, 0) is 19.9 Å². The Balaban J connectivity index is 0.000000253. The number of allylic oxidation sites excluding steroid dienone is 4. The summed E-state index contributed by atoms with van der Waals surface area (Å²) in [6.07, 6.45) is 12.1. The fourth-order valence-corrected chi connectivity index (χ4v) is 6.14. The number of ether oxygens (including phenoxy) is 1. The lowest BCUT2D eigenvalue weighted by Crippen LogP contribution is -2.46. The van der Waals surface area contributed by atoms with Crippen LogP contribution in [0.2, 0.25) is 0 Å². The second-order valence-corrected chi connectivity index (χ2v) is 11.3. The number of fused-ring (bicyclic) bond motifs is 3. The van der Waals surface area contributed by atoms with Gasteiger partial charge in [0.2, 0.25) is 5.91 Å². The molecule has 6 heteroatoms. The summed E-state index contributed by atoms with van der Waals surface area (Å²) in [5, 5.41) is 21.5. The quantitative estimate of drug-likeness (QED) is 0.171. The van der Waals surface area contributed by atoms with Crippen LogP contribution in [0, 0.1) is 0 Å². The third-order valence-electron chi connectivity index (χ3n) is 8.26. The fraction of sp³-hybridized carbons (Fsp3) is 0.238. The molecule has 1 amide bonds. The van der Waals surface area contributed by atoms with E-state index in [9.17, 15) is 19.8 Å². The van der Waals surface area contributed by atoms with E-state index in [1.54, 1.807) is 0 Å². The van der Waals surface area contributed by atoms with E-state index in [0.717, 1.165) is 29.5 Å². The van der Waals surface area contributed by atoms with Gasteiger partial charge < -0.3 is 20.3 Å². The van der Waals surface area contributed by atoms with Crippen LogP contribution in [-0.4, -0.2) is 41.3 Å². The molecule has 0 radical (unpaired) electrons. The number of nitrogens with one attached hydrogen (secondary N) is 1. The Morgan fingerprint density at radius 2 is 1.29 bits per heavy atom. The maximum Gasteiger partial charge on any atom is 0.328 e. The summed E-state index contributed by atoms with van der Waals surface area (Å²) in [6, 6.07) is 34.9. The number of aliphatic hydroxyl groups is 1. The van der Waals surface area contributed by atoms with Crippen molar-refractivity contribution < 1.29 is 24.5 Å². The van der Waals surface area contributed by atoms with Crippen molar-refractivity contribution in [2.75, 3.05) is 13.2 Å². The van der Waals surface area contributed by atoms with Crippen LogP contribution in [0.15, 0.2) is 145 Å². The van der Waals surface area contributed by atoms with Crippen molar-refractivity contribution in [1.82, 2.24) is 5.32 Å². The minimum absolute atomic E-state index is 0.164. The minimum atomic E-state index is -1.17. The van der Waals surface area contributed by atoms with Gasteiger partial charge in [-0.2, -0.15) is 0 Å². The number of carbonyl (C=O) groups excluding carboxylic acids is 1. The van der Waals surface area contributed by atoms with Gasteiger partial charge >= 0.3 is 5.97 Å². The first-order valence-corrected chi connectivity index (χ1v) is 16.5. The highest BCUT2D eigenvalue weighted by atomic mass is 16.5. The van der Waals surface area contributed by atoms with Gasteiger partial charge in [0, 0.05) is 12.8 Å². The lowest BCUT2D eigenvalue weighted by molar-refractivity contribution is -0.144. The van der Waals surface area contributed by atoms with Crippen LogP contribution >= 0.6 is 0 Å². The second-order valence-electron chi connectivity index (χ2n) is 11.3. The molecule has 2 aliphatic carbocycles. The summed E-state index contributed by atoms with van der Waals surface area (Å²) in [5.41, 5.74) is 6.62. The molecule has 0 saturated carbocycles. The molecule has 0 fully saturated rings. The molecule has 4 aromatic carbocycles. The molecule has 0 spiro atoms. The molecular formula is C42H45NO5. The van der Waals surface area contributed by atoms with Gasteiger partial charge in [0.1, 0.15) is 5.60 Å². The van der Waals surface area contributed by atoms with E-state index in [1.165, 1.54) is 29.2 Å². The summed E-state index contributed by atoms with van der Waals surface area (Å²) < 4.78 is 6.51. The van der Waals surface area contributed by atoms with Gasteiger partial charge in [-0.25, -0.2) is 4.79 Å². The number of carboxylic acid groups (broad SMARTS) is 1. The number of aliphatic hydroxyl groups excluding tert-OH is 1. The van der Waals surface area contributed by atoms with E-state index in [-0.39, 0.29) is 19.1 Å². The summed E-state index contributed by atoms with van der Waals surface area (Å²) in [4.78, 5) is 23.3.